The van der Waals surface area contributed by atoms with Gasteiger partial charge in [-0.3, -0.25) is 0 Å². The Morgan fingerprint density at radius 3 is 1.55 bits per heavy atom. The van der Waals surface area contributed by atoms with E-state index in [0.29, 0.717) is 16.1 Å². The van der Waals surface area contributed by atoms with Crippen LogP contribution in [-0.2, 0) is 0 Å². The summed E-state index contributed by atoms with van der Waals surface area (Å²) in [6.45, 7) is -1.41. The second kappa shape index (κ2) is 9.40. The van der Waals surface area contributed by atoms with Crippen molar-refractivity contribution in [1.82, 2.24) is 0 Å². The molecule has 0 saturated heterocycles. The zero-order chi connectivity index (χ0) is 28.5. The summed E-state index contributed by atoms with van der Waals surface area (Å²) in [6, 6.07) is 13.1. The monoisotopic (exact) mass is 461 g/mol. The molecule has 4 heteroatoms. The molecule has 0 fully saturated rings. The average Bonchev–Trinajstić information content (AvgIpc) is 2.75. The molecule has 0 aliphatic rings. The first kappa shape index (κ1) is 12.3. The summed E-state index contributed by atoms with van der Waals surface area (Å²) >= 11 is -1.42. The Hall–Kier alpha value is -2.40. The second-order valence-electron chi connectivity index (χ2n) is 7.33. The fourth-order valence-corrected chi connectivity index (χ4v) is 4.20. The number of benzene rings is 3. The molecule has 0 aliphatic heterocycles. The Morgan fingerprint density at radius 1 is 0.621 bits per heavy atom. The first-order chi connectivity index (χ1) is 17.4. The molecular weight excluding hydrogens is 421 g/mol. The van der Waals surface area contributed by atoms with Gasteiger partial charge in [0.15, 0.2) is 0 Å². The van der Waals surface area contributed by atoms with Crippen LogP contribution in [0.2, 0.25) is 4.75 Å². The molecule has 0 heterocycles. The molecule has 0 atom stereocenters. The van der Waals surface area contributed by atoms with Gasteiger partial charge in [-0.1, -0.05) is 6.07 Å². The van der Waals surface area contributed by atoms with Crippen LogP contribution in [0.4, 0.5) is 0 Å². The average molecular weight is 460 g/mol. The molecule has 3 rings (SSSR count). The van der Waals surface area contributed by atoms with Gasteiger partial charge < -0.3 is 0 Å². The van der Waals surface area contributed by atoms with Gasteiger partial charge in [0.25, 0.3) is 0 Å². The SMILES string of the molecule is [2H]C([2H])([2H])c1cc(C)cc(Oc2cc(Oc3cc([O][GeH2][CH](C)C)cc(C([2H])([2H])[2H])c3)cc(C([2H])([2H])[2H])c2)c1. The van der Waals surface area contributed by atoms with Crippen LogP contribution in [0, 0.1) is 27.5 Å². The molecule has 0 unspecified atom stereocenters. The van der Waals surface area contributed by atoms with Crippen molar-refractivity contribution in [3.63, 3.8) is 0 Å². The number of aryl methyl sites for hydroxylation is 4. The van der Waals surface area contributed by atoms with E-state index in [0.717, 1.165) is 0 Å². The first-order valence-electron chi connectivity index (χ1n) is 13.8. The van der Waals surface area contributed by atoms with Crippen LogP contribution in [0.15, 0.2) is 54.6 Å². The van der Waals surface area contributed by atoms with Gasteiger partial charge in [0.05, 0.1) is 0 Å². The van der Waals surface area contributed by atoms with Crippen LogP contribution in [-0.4, -0.2) is 15.8 Å². The van der Waals surface area contributed by atoms with Gasteiger partial charge in [0.2, 0.25) is 0 Å². The molecule has 0 amide bonds. The van der Waals surface area contributed by atoms with Crippen molar-refractivity contribution < 1.29 is 25.6 Å². The minimum atomic E-state index is -2.49. The maximum absolute atomic E-state index is 7.88. The molecule has 0 spiro atoms. The van der Waals surface area contributed by atoms with Crippen molar-refractivity contribution in [2.75, 3.05) is 0 Å². The van der Waals surface area contributed by atoms with E-state index in [4.69, 9.17) is 25.6 Å². The normalized spacial score (nSPS) is 17.2. The molecule has 0 radical (unpaired) electrons. The van der Waals surface area contributed by atoms with Crippen molar-refractivity contribution >= 4 is 15.8 Å². The van der Waals surface area contributed by atoms with Crippen LogP contribution in [0.25, 0.3) is 0 Å². The first-order valence-corrected chi connectivity index (χ1v) is 12.2. The van der Waals surface area contributed by atoms with Crippen molar-refractivity contribution in [2.45, 2.75) is 46.1 Å². The summed E-state index contributed by atoms with van der Waals surface area (Å²) in [5.41, 5.74) is 0.733. The number of hydrogen-bond acceptors (Lipinski definition) is 3. The molecule has 0 aromatic heterocycles. The summed E-state index contributed by atoms with van der Waals surface area (Å²) in [5, 5.41) is 0. The molecule has 0 saturated carbocycles. The molecule has 3 nitrogen and oxygen atoms in total. The summed E-state index contributed by atoms with van der Waals surface area (Å²) in [4.78, 5) is 0. The number of ether oxygens (including phenoxy) is 2. The minimum absolute atomic E-state index is 0.0385. The predicted octanol–water partition coefficient (Wildman–Crippen LogP) is 6.80. The molecule has 29 heavy (non-hydrogen) atoms. The van der Waals surface area contributed by atoms with Gasteiger partial charge in [0, 0.05) is 4.11 Å². The molecule has 3 aromatic rings. The molecular formula is C25H30GeO3. The van der Waals surface area contributed by atoms with E-state index in [1.165, 1.54) is 42.5 Å². The zero-order valence-corrected chi connectivity index (χ0v) is 19.7. The topological polar surface area (TPSA) is 27.7 Å². The van der Waals surface area contributed by atoms with Gasteiger partial charge in [0.1, 0.15) is 0 Å². The van der Waals surface area contributed by atoms with Crippen LogP contribution in [0.3, 0.4) is 0 Å². The molecule has 0 aliphatic carbocycles. The standard InChI is InChI=1S/C25H30GeO3/c1-16(2)26-29-25-13-20(6)12-24(15-25)28-23-11-19(5)10-22(14-23)27-21-8-17(3)7-18(4)9-21/h7-16H,26H2,1-6H3/i3D3,5D3,6D3. The van der Waals surface area contributed by atoms with E-state index < -0.39 is 36.3 Å². The maximum atomic E-state index is 7.88. The van der Waals surface area contributed by atoms with Crippen LogP contribution in [0.1, 0.15) is 48.4 Å². The summed E-state index contributed by atoms with van der Waals surface area (Å²) < 4.78 is 88.3. The van der Waals surface area contributed by atoms with Gasteiger partial charge in [-0.15, -0.1) is 0 Å². The summed E-state index contributed by atoms with van der Waals surface area (Å²) in [7, 11) is 0. The Bertz CT molecular complexity index is 1280. The fraction of sp³-hybridized carbons (Fsp3) is 0.280. The van der Waals surface area contributed by atoms with Gasteiger partial charge in [-0.2, -0.15) is 0 Å². The van der Waals surface area contributed by atoms with E-state index in [1.807, 2.05) is 13.8 Å². The third-order valence-corrected chi connectivity index (χ3v) is 6.31. The van der Waals surface area contributed by atoms with Gasteiger partial charge >= 0.3 is 169 Å². The Kier molecular flexibility index (Phi) is 4.00. The summed E-state index contributed by atoms with van der Waals surface area (Å²) in [5.74, 6) is 1.02. The van der Waals surface area contributed by atoms with Crippen molar-refractivity contribution in [2.24, 2.45) is 0 Å². The van der Waals surface area contributed by atoms with E-state index in [1.54, 1.807) is 19.1 Å². The van der Waals surface area contributed by atoms with Crippen LogP contribution >= 0.6 is 0 Å². The van der Waals surface area contributed by atoms with Crippen molar-refractivity contribution in [3.8, 4) is 28.7 Å². The van der Waals surface area contributed by atoms with Crippen molar-refractivity contribution in [3.05, 3.63) is 76.9 Å². The van der Waals surface area contributed by atoms with Crippen LogP contribution in [0.5, 0.6) is 28.7 Å². The Balaban J connectivity index is 2.02. The molecule has 152 valence electrons. The Labute approximate surface area is 193 Å². The third-order valence-electron chi connectivity index (χ3n) is 3.87. The van der Waals surface area contributed by atoms with Gasteiger partial charge in [-0.05, 0) is 13.8 Å². The zero-order valence-electron chi connectivity index (χ0n) is 25.7. The summed E-state index contributed by atoms with van der Waals surface area (Å²) in [6.07, 6.45) is 0. The van der Waals surface area contributed by atoms with Gasteiger partial charge in [-0.25, -0.2) is 0 Å². The number of hydrogen-bond donors (Lipinski definition) is 0. The number of rotatable bonds is 7. The fourth-order valence-electron chi connectivity index (χ4n) is 2.75. The third kappa shape index (κ3) is 6.57. The second-order valence-corrected chi connectivity index (χ2v) is 12.1. The van der Waals surface area contributed by atoms with Crippen LogP contribution < -0.4 is 13.2 Å². The van der Waals surface area contributed by atoms with Crippen molar-refractivity contribution in [1.29, 1.82) is 0 Å². The van der Waals surface area contributed by atoms with E-state index in [9.17, 15) is 0 Å². The molecule has 0 N–H and O–H groups in total. The van der Waals surface area contributed by atoms with E-state index in [2.05, 4.69) is 0 Å². The molecule has 3 aromatic carbocycles. The predicted molar refractivity (Wildman–Crippen MR) is 123 cm³/mol. The Morgan fingerprint density at radius 2 is 1.03 bits per heavy atom. The quantitative estimate of drug-likeness (QED) is 0.363. The molecule has 0 bridgehead atoms. The van der Waals surface area contributed by atoms with E-state index in [-0.39, 0.29) is 39.7 Å². The van der Waals surface area contributed by atoms with E-state index >= 15 is 0 Å².